The summed E-state index contributed by atoms with van der Waals surface area (Å²) in [6.45, 7) is 4.58. The number of aliphatic hydroxyl groups is 1. The van der Waals surface area contributed by atoms with Gasteiger partial charge in [-0.3, -0.25) is 4.98 Å². The minimum atomic E-state index is -0.298. The molecule has 3 heteroatoms. The molecule has 1 rings (SSSR count). The maximum atomic E-state index is 9.51. The minimum absolute atomic E-state index is 0.286. The molecule has 0 amide bonds. The van der Waals surface area contributed by atoms with E-state index in [9.17, 15) is 5.11 Å². The zero-order valence-electron chi connectivity index (χ0n) is 8.07. The maximum Gasteiger partial charge on any atom is 0.0735 e. The predicted molar refractivity (Wildman–Crippen MR) is 53.6 cm³/mol. The number of aliphatic hydroxyl groups excluding tert-OH is 1. The zero-order chi connectivity index (χ0) is 9.68. The van der Waals surface area contributed by atoms with Gasteiger partial charge in [-0.2, -0.15) is 0 Å². The van der Waals surface area contributed by atoms with Gasteiger partial charge in [-0.25, -0.2) is 0 Å². The van der Waals surface area contributed by atoms with Gasteiger partial charge in [-0.15, -0.1) is 0 Å². The average molecular weight is 180 g/mol. The van der Waals surface area contributed by atoms with Gasteiger partial charge in [0.25, 0.3) is 0 Å². The van der Waals surface area contributed by atoms with Crippen molar-refractivity contribution in [1.29, 1.82) is 0 Å². The van der Waals surface area contributed by atoms with Crippen LogP contribution in [0.2, 0.25) is 0 Å². The van der Waals surface area contributed by atoms with Crippen molar-refractivity contribution in [2.24, 2.45) is 5.92 Å². The van der Waals surface area contributed by atoms with Gasteiger partial charge >= 0.3 is 0 Å². The Morgan fingerprint density at radius 3 is 2.54 bits per heavy atom. The lowest BCUT2D eigenvalue weighted by molar-refractivity contribution is 0.138. The van der Waals surface area contributed by atoms with Crippen LogP contribution < -0.4 is 5.32 Å². The van der Waals surface area contributed by atoms with Crippen LogP contribution in [0.1, 0.15) is 13.8 Å². The highest BCUT2D eigenvalue weighted by Gasteiger charge is 2.07. The Hall–Kier alpha value is -1.09. The van der Waals surface area contributed by atoms with Crippen LogP contribution in [-0.2, 0) is 0 Å². The molecule has 0 aliphatic heterocycles. The molecule has 0 bridgehead atoms. The van der Waals surface area contributed by atoms with Crippen molar-refractivity contribution in [2.75, 3.05) is 11.9 Å². The number of hydrogen-bond acceptors (Lipinski definition) is 3. The first-order valence-electron chi connectivity index (χ1n) is 4.52. The molecule has 1 heterocycles. The fraction of sp³-hybridized carbons (Fsp3) is 0.500. The van der Waals surface area contributed by atoms with E-state index in [2.05, 4.69) is 10.3 Å². The SMILES string of the molecule is CC(C)C(O)CNc1ccncc1. The van der Waals surface area contributed by atoms with Crippen molar-refractivity contribution < 1.29 is 5.11 Å². The van der Waals surface area contributed by atoms with Crippen molar-refractivity contribution in [1.82, 2.24) is 4.98 Å². The summed E-state index contributed by atoms with van der Waals surface area (Å²) >= 11 is 0. The highest BCUT2D eigenvalue weighted by Crippen LogP contribution is 2.06. The standard InChI is InChI=1S/C10H16N2O/c1-8(2)10(13)7-12-9-3-5-11-6-4-9/h3-6,8,10,13H,7H2,1-2H3,(H,11,12). The molecule has 1 aromatic rings. The van der Waals surface area contributed by atoms with Gasteiger partial charge in [0.1, 0.15) is 0 Å². The number of pyridine rings is 1. The van der Waals surface area contributed by atoms with Crippen LogP contribution in [0, 0.1) is 5.92 Å². The second kappa shape index (κ2) is 4.82. The number of nitrogens with one attached hydrogen (secondary N) is 1. The van der Waals surface area contributed by atoms with Gasteiger partial charge in [-0.05, 0) is 18.1 Å². The van der Waals surface area contributed by atoms with Crippen LogP contribution in [0.3, 0.4) is 0 Å². The van der Waals surface area contributed by atoms with Crippen LogP contribution in [0.4, 0.5) is 5.69 Å². The summed E-state index contributed by atoms with van der Waals surface area (Å²) in [5, 5.41) is 12.6. The summed E-state index contributed by atoms with van der Waals surface area (Å²) in [5.74, 6) is 0.286. The summed E-state index contributed by atoms with van der Waals surface area (Å²) in [6, 6.07) is 3.76. The summed E-state index contributed by atoms with van der Waals surface area (Å²) in [7, 11) is 0. The highest BCUT2D eigenvalue weighted by molar-refractivity contribution is 5.40. The Balaban J connectivity index is 2.35. The monoisotopic (exact) mass is 180 g/mol. The zero-order valence-corrected chi connectivity index (χ0v) is 8.07. The van der Waals surface area contributed by atoms with E-state index in [0.717, 1.165) is 5.69 Å². The highest BCUT2D eigenvalue weighted by atomic mass is 16.3. The molecule has 0 fully saturated rings. The van der Waals surface area contributed by atoms with Crippen LogP contribution in [0.25, 0.3) is 0 Å². The first-order valence-corrected chi connectivity index (χ1v) is 4.52. The van der Waals surface area contributed by atoms with Crippen molar-refractivity contribution in [2.45, 2.75) is 20.0 Å². The summed E-state index contributed by atoms with van der Waals surface area (Å²) in [4.78, 5) is 3.91. The van der Waals surface area contributed by atoms with Crippen LogP contribution in [-0.4, -0.2) is 22.7 Å². The predicted octanol–water partition coefficient (Wildman–Crippen LogP) is 1.51. The Labute approximate surface area is 78.8 Å². The largest absolute Gasteiger partial charge is 0.391 e. The summed E-state index contributed by atoms with van der Waals surface area (Å²) in [6.07, 6.45) is 3.15. The van der Waals surface area contributed by atoms with E-state index in [1.54, 1.807) is 12.4 Å². The Morgan fingerprint density at radius 1 is 1.38 bits per heavy atom. The molecule has 0 radical (unpaired) electrons. The van der Waals surface area contributed by atoms with Gasteiger partial charge < -0.3 is 10.4 Å². The van der Waals surface area contributed by atoms with Crippen molar-refractivity contribution in [3.05, 3.63) is 24.5 Å². The number of anilines is 1. The smallest absolute Gasteiger partial charge is 0.0735 e. The molecular formula is C10H16N2O. The van der Waals surface area contributed by atoms with Gasteiger partial charge in [0.2, 0.25) is 0 Å². The summed E-state index contributed by atoms with van der Waals surface area (Å²) < 4.78 is 0. The fourth-order valence-corrected chi connectivity index (χ4v) is 0.928. The van der Waals surface area contributed by atoms with Gasteiger partial charge in [0.05, 0.1) is 6.10 Å². The molecule has 3 nitrogen and oxygen atoms in total. The number of aromatic nitrogens is 1. The molecular weight excluding hydrogens is 164 g/mol. The minimum Gasteiger partial charge on any atom is -0.391 e. The summed E-state index contributed by atoms with van der Waals surface area (Å²) in [5.41, 5.74) is 0.995. The molecule has 72 valence electrons. The van der Waals surface area contributed by atoms with Crippen LogP contribution >= 0.6 is 0 Å². The van der Waals surface area contributed by atoms with E-state index in [-0.39, 0.29) is 12.0 Å². The fourth-order valence-electron chi connectivity index (χ4n) is 0.928. The van der Waals surface area contributed by atoms with Gasteiger partial charge in [0, 0.05) is 24.6 Å². The molecule has 0 aliphatic carbocycles. The van der Waals surface area contributed by atoms with Gasteiger partial charge in [-0.1, -0.05) is 13.8 Å². The van der Waals surface area contributed by atoms with E-state index in [0.29, 0.717) is 6.54 Å². The third-order valence-corrected chi connectivity index (χ3v) is 1.97. The number of nitrogens with zero attached hydrogens (tertiary/aromatic N) is 1. The molecule has 1 unspecified atom stereocenters. The molecule has 13 heavy (non-hydrogen) atoms. The normalized spacial score (nSPS) is 12.9. The van der Waals surface area contributed by atoms with E-state index in [1.165, 1.54) is 0 Å². The molecule has 1 atom stereocenters. The van der Waals surface area contributed by atoms with Crippen molar-refractivity contribution in [3.63, 3.8) is 0 Å². The van der Waals surface area contributed by atoms with E-state index < -0.39 is 0 Å². The quantitative estimate of drug-likeness (QED) is 0.738. The van der Waals surface area contributed by atoms with E-state index in [1.807, 2.05) is 26.0 Å². The molecule has 1 aromatic heterocycles. The van der Waals surface area contributed by atoms with E-state index in [4.69, 9.17) is 0 Å². The molecule has 2 N–H and O–H groups in total. The number of hydrogen-bond donors (Lipinski definition) is 2. The Morgan fingerprint density at radius 2 is 2.00 bits per heavy atom. The number of rotatable bonds is 4. The first kappa shape index (κ1) is 9.99. The van der Waals surface area contributed by atoms with Crippen LogP contribution in [0.15, 0.2) is 24.5 Å². The second-order valence-corrected chi connectivity index (χ2v) is 3.43. The topological polar surface area (TPSA) is 45.1 Å². The average Bonchev–Trinajstić information content (AvgIpc) is 2.15. The van der Waals surface area contributed by atoms with Crippen LogP contribution in [0.5, 0.6) is 0 Å². The van der Waals surface area contributed by atoms with E-state index >= 15 is 0 Å². The maximum absolute atomic E-state index is 9.51. The third-order valence-electron chi connectivity index (χ3n) is 1.97. The molecule has 0 spiro atoms. The lowest BCUT2D eigenvalue weighted by atomic mass is 10.1. The van der Waals surface area contributed by atoms with Crippen molar-refractivity contribution >= 4 is 5.69 Å². The van der Waals surface area contributed by atoms with Crippen molar-refractivity contribution in [3.8, 4) is 0 Å². The molecule has 0 saturated carbocycles. The first-order chi connectivity index (χ1) is 6.20. The molecule has 0 aliphatic rings. The Bertz CT molecular complexity index is 236. The van der Waals surface area contributed by atoms with Gasteiger partial charge in [0.15, 0.2) is 0 Å². The molecule has 0 saturated heterocycles. The lowest BCUT2D eigenvalue weighted by Crippen LogP contribution is -2.24. The lowest BCUT2D eigenvalue weighted by Gasteiger charge is -2.15. The molecule has 0 aromatic carbocycles. The second-order valence-electron chi connectivity index (χ2n) is 3.43. The Kier molecular flexibility index (Phi) is 3.71. The third kappa shape index (κ3) is 3.42.